The Kier molecular flexibility index (Phi) is 4.08. The summed E-state index contributed by atoms with van der Waals surface area (Å²) in [6, 6.07) is 4.32. The van der Waals surface area contributed by atoms with Gasteiger partial charge in [-0.25, -0.2) is 0 Å². The summed E-state index contributed by atoms with van der Waals surface area (Å²) >= 11 is 0. The second-order valence-electron chi connectivity index (χ2n) is 14.3. The van der Waals surface area contributed by atoms with Crippen molar-refractivity contribution < 1.29 is 20.1 Å². The van der Waals surface area contributed by atoms with Crippen molar-refractivity contribution in [2.24, 2.45) is 22.7 Å². The predicted molar refractivity (Wildman–Crippen MR) is 130 cm³/mol. The fourth-order valence-electron chi connectivity index (χ4n) is 10.0. The summed E-state index contributed by atoms with van der Waals surface area (Å²) in [6.45, 7) is 10.7. The molecule has 8 rings (SSSR count). The van der Waals surface area contributed by atoms with Gasteiger partial charge in [-0.1, -0.05) is 26.8 Å². The van der Waals surface area contributed by atoms with E-state index in [-0.39, 0.29) is 27.9 Å². The maximum atomic E-state index is 12.5. The van der Waals surface area contributed by atoms with E-state index in [0.29, 0.717) is 24.6 Å². The lowest BCUT2D eigenvalue weighted by molar-refractivity contribution is -0.296. The van der Waals surface area contributed by atoms with Crippen molar-refractivity contribution in [1.82, 2.24) is 4.90 Å². The Labute approximate surface area is 203 Å². The molecule has 1 saturated heterocycles. The first kappa shape index (κ1) is 21.9. The van der Waals surface area contributed by atoms with Gasteiger partial charge in [-0.05, 0) is 87.8 Å². The van der Waals surface area contributed by atoms with Gasteiger partial charge in [0.25, 0.3) is 0 Å². The minimum absolute atomic E-state index is 0.0339. The van der Waals surface area contributed by atoms with Crippen molar-refractivity contribution in [2.75, 3.05) is 13.1 Å². The van der Waals surface area contributed by atoms with Crippen molar-refractivity contribution >= 4 is 0 Å². The van der Waals surface area contributed by atoms with Crippen LogP contribution in [0.25, 0.3) is 0 Å². The zero-order valence-corrected chi connectivity index (χ0v) is 21.2. The molecule has 2 heterocycles. The van der Waals surface area contributed by atoms with Gasteiger partial charge in [0.15, 0.2) is 11.5 Å². The number of likely N-dealkylation sites (tertiary alicyclic amines) is 1. The van der Waals surface area contributed by atoms with Crippen molar-refractivity contribution in [3.63, 3.8) is 0 Å². The zero-order valence-electron chi connectivity index (χ0n) is 21.2. The van der Waals surface area contributed by atoms with E-state index in [2.05, 4.69) is 31.7 Å². The number of hydrogen-bond acceptors (Lipinski definition) is 5. The van der Waals surface area contributed by atoms with E-state index >= 15 is 0 Å². The Bertz CT molecular complexity index is 1060. The standard InChI is InChI=1S/C29H41NO4/c1-25(2,3)16-26(4,32)20-14-27-9-10-29(20,33)24-28(27)11-12-30(15-17-5-6-17)21(27)13-18-7-8-19(31)23(34-24)22(18)28/h7-8,17,20-21,24,31-33H,5-6,9-16H2,1-4H3. The molecule has 2 spiro atoms. The maximum Gasteiger partial charge on any atom is 0.165 e. The molecule has 0 amide bonds. The van der Waals surface area contributed by atoms with Crippen LogP contribution in [0.4, 0.5) is 0 Å². The highest BCUT2D eigenvalue weighted by Gasteiger charge is 2.81. The van der Waals surface area contributed by atoms with E-state index in [1.807, 2.05) is 6.92 Å². The van der Waals surface area contributed by atoms with Crippen LogP contribution < -0.4 is 4.74 Å². The molecule has 5 heteroatoms. The Hall–Kier alpha value is -1.30. The van der Waals surface area contributed by atoms with Crippen molar-refractivity contribution in [1.29, 1.82) is 0 Å². The summed E-state index contributed by atoms with van der Waals surface area (Å²) < 4.78 is 6.70. The van der Waals surface area contributed by atoms with E-state index < -0.39 is 17.3 Å². The fraction of sp³-hybridized carbons (Fsp3) is 0.793. The highest BCUT2D eigenvalue weighted by molar-refractivity contribution is 5.63. The van der Waals surface area contributed by atoms with Crippen molar-refractivity contribution in [2.45, 2.75) is 108 Å². The van der Waals surface area contributed by atoms with E-state index in [1.54, 1.807) is 6.07 Å². The third-order valence-electron chi connectivity index (χ3n) is 11.0. The Morgan fingerprint density at radius 1 is 1.12 bits per heavy atom. The Morgan fingerprint density at radius 3 is 2.59 bits per heavy atom. The number of phenolic OH excluding ortho intramolecular Hbond substituents is 1. The van der Waals surface area contributed by atoms with Gasteiger partial charge >= 0.3 is 0 Å². The average Bonchev–Trinajstić information content (AvgIpc) is 3.47. The van der Waals surface area contributed by atoms with Crippen LogP contribution in [0.15, 0.2) is 12.1 Å². The van der Waals surface area contributed by atoms with Crippen molar-refractivity contribution in [3.05, 3.63) is 23.3 Å². The van der Waals surface area contributed by atoms with Gasteiger partial charge in [0.05, 0.1) is 5.60 Å². The van der Waals surface area contributed by atoms with Gasteiger partial charge in [-0.2, -0.15) is 0 Å². The minimum atomic E-state index is -1.10. The van der Waals surface area contributed by atoms with Crippen LogP contribution in [-0.4, -0.2) is 56.7 Å². The van der Waals surface area contributed by atoms with Gasteiger partial charge in [0.1, 0.15) is 11.7 Å². The summed E-state index contributed by atoms with van der Waals surface area (Å²) in [5, 5.41) is 35.4. The molecule has 2 aliphatic heterocycles. The number of rotatable bonds is 4. The van der Waals surface area contributed by atoms with Gasteiger partial charge in [-0.15, -0.1) is 0 Å². The molecular weight excluding hydrogens is 426 g/mol. The first-order valence-corrected chi connectivity index (χ1v) is 13.6. The summed E-state index contributed by atoms with van der Waals surface area (Å²) in [5.74, 6) is 1.42. The number of aromatic hydroxyl groups is 1. The second-order valence-corrected chi connectivity index (χ2v) is 14.3. The van der Waals surface area contributed by atoms with Crippen LogP contribution >= 0.6 is 0 Å². The normalized spacial score (nSPS) is 43.9. The molecule has 7 atom stereocenters. The molecule has 1 aromatic carbocycles. The van der Waals surface area contributed by atoms with Gasteiger partial charge in [0.2, 0.25) is 0 Å². The topological polar surface area (TPSA) is 73.2 Å². The van der Waals surface area contributed by atoms with E-state index in [1.165, 1.54) is 30.5 Å². The lowest BCUT2D eigenvalue weighted by atomic mass is 9.33. The molecular formula is C29H41NO4. The van der Waals surface area contributed by atoms with Crippen LogP contribution in [0.2, 0.25) is 0 Å². The predicted octanol–water partition coefficient (Wildman–Crippen LogP) is 4.15. The number of nitrogens with zero attached hydrogens (tertiary/aromatic N) is 1. The Morgan fingerprint density at radius 2 is 1.88 bits per heavy atom. The lowest BCUT2D eigenvalue weighted by Gasteiger charge is -2.74. The number of ether oxygens (including phenoxy) is 1. The number of phenols is 1. The molecule has 7 aliphatic rings. The quantitative estimate of drug-likeness (QED) is 0.620. The van der Waals surface area contributed by atoms with Crippen LogP contribution in [0.1, 0.15) is 83.8 Å². The molecule has 3 N–H and O–H groups in total. The molecule has 4 bridgehead atoms. The molecule has 7 unspecified atom stereocenters. The number of aliphatic hydroxyl groups is 2. The number of fused-ring (bicyclic) bond motifs is 2. The molecule has 0 aromatic heterocycles. The lowest BCUT2D eigenvalue weighted by Crippen LogP contribution is -2.82. The fourth-order valence-corrected chi connectivity index (χ4v) is 10.0. The van der Waals surface area contributed by atoms with Gasteiger partial charge in [0, 0.05) is 34.9 Å². The van der Waals surface area contributed by atoms with Crippen LogP contribution in [0.5, 0.6) is 11.5 Å². The molecule has 5 fully saturated rings. The monoisotopic (exact) mass is 467 g/mol. The first-order valence-electron chi connectivity index (χ1n) is 13.6. The number of hydrogen-bond donors (Lipinski definition) is 3. The highest BCUT2D eigenvalue weighted by Crippen LogP contribution is 2.77. The van der Waals surface area contributed by atoms with Gasteiger partial charge < -0.3 is 20.1 Å². The van der Waals surface area contributed by atoms with E-state index in [9.17, 15) is 15.3 Å². The molecule has 4 saturated carbocycles. The zero-order chi connectivity index (χ0) is 23.9. The summed E-state index contributed by atoms with van der Waals surface area (Å²) in [6.07, 6.45) is 7.39. The van der Waals surface area contributed by atoms with Crippen LogP contribution in [-0.2, 0) is 11.8 Å². The third kappa shape index (κ3) is 2.52. The second kappa shape index (κ2) is 6.33. The van der Waals surface area contributed by atoms with Crippen LogP contribution in [0.3, 0.4) is 0 Å². The minimum Gasteiger partial charge on any atom is -0.504 e. The van der Waals surface area contributed by atoms with E-state index in [0.717, 1.165) is 38.1 Å². The average molecular weight is 468 g/mol. The molecule has 1 aromatic rings. The smallest absolute Gasteiger partial charge is 0.165 e. The number of benzene rings is 1. The van der Waals surface area contributed by atoms with E-state index in [4.69, 9.17) is 4.74 Å². The summed E-state index contributed by atoms with van der Waals surface area (Å²) in [4.78, 5) is 2.78. The third-order valence-corrected chi connectivity index (χ3v) is 11.0. The van der Waals surface area contributed by atoms with Gasteiger partial charge in [-0.3, -0.25) is 4.90 Å². The molecule has 186 valence electrons. The van der Waals surface area contributed by atoms with Crippen LogP contribution in [0, 0.1) is 22.7 Å². The summed E-state index contributed by atoms with van der Waals surface area (Å²) in [7, 11) is 0. The Balaban J connectivity index is 1.42. The molecule has 34 heavy (non-hydrogen) atoms. The summed E-state index contributed by atoms with van der Waals surface area (Å²) in [5.41, 5.74) is 0.0800. The highest BCUT2D eigenvalue weighted by atomic mass is 16.5. The molecule has 5 aliphatic carbocycles. The molecule has 5 nitrogen and oxygen atoms in total. The largest absolute Gasteiger partial charge is 0.504 e. The first-order chi connectivity index (χ1) is 15.9. The SMILES string of the molecule is CC(C)(C)CC(C)(O)C1CC23CCC1(O)C1Oc4c(O)ccc5c4C12CCN(CC1CC1)C3C5. The van der Waals surface area contributed by atoms with Crippen molar-refractivity contribution in [3.8, 4) is 11.5 Å². The maximum absolute atomic E-state index is 12.5. The number of piperidine rings is 1. The molecule has 0 radical (unpaired) electrons.